The predicted octanol–water partition coefficient (Wildman–Crippen LogP) is 4.28. The first-order valence-electron chi connectivity index (χ1n) is 9.92. The Kier molecular flexibility index (Phi) is 7.20. The average Bonchev–Trinajstić information content (AvgIpc) is 2.74. The van der Waals surface area contributed by atoms with Crippen LogP contribution >= 0.6 is 0 Å². The first-order valence-corrected chi connectivity index (χ1v) is 9.92. The molecular formula is C23H28N2O3. The standard InChI is InChI=1S/C23H28N2O3/c1-25(20-11-3-2-4-12-20)15-18-9-5-7-13-21(18)24-23(27)17-28-22-14-8-6-10-19(22)16-26/h5-10,13-14,16,20H,2-4,11-12,15,17H2,1H3,(H,24,27). The Hall–Kier alpha value is -2.66. The number of hydrogen-bond donors (Lipinski definition) is 1. The Morgan fingerprint density at radius 1 is 1.11 bits per heavy atom. The number of rotatable bonds is 8. The fraction of sp³-hybridized carbons (Fsp3) is 0.391. The normalized spacial score (nSPS) is 14.6. The molecule has 5 heteroatoms. The monoisotopic (exact) mass is 380 g/mol. The number of carbonyl (C=O) groups is 2. The van der Waals surface area contributed by atoms with Crippen LogP contribution in [0.1, 0.15) is 48.0 Å². The van der Waals surface area contributed by atoms with Crippen LogP contribution in [0.2, 0.25) is 0 Å². The second kappa shape index (κ2) is 10.0. The molecule has 1 saturated carbocycles. The van der Waals surface area contributed by atoms with Gasteiger partial charge in [0.2, 0.25) is 0 Å². The van der Waals surface area contributed by atoms with Crippen molar-refractivity contribution in [3.05, 3.63) is 59.7 Å². The number of hydrogen-bond acceptors (Lipinski definition) is 4. The maximum absolute atomic E-state index is 12.4. The third kappa shape index (κ3) is 5.42. The van der Waals surface area contributed by atoms with Gasteiger partial charge in [-0.15, -0.1) is 0 Å². The smallest absolute Gasteiger partial charge is 0.262 e. The van der Waals surface area contributed by atoms with Gasteiger partial charge in [-0.3, -0.25) is 14.5 Å². The lowest BCUT2D eigenvalue weighted by Crippen LogP contribution is -2.33. The molecule has 1 aliphatic carbocycles. The number of amides is 1. The number of anilines is 1. The van der Waals surface area contributed by atoms with Crippen LogP contribution < -0.4 is 10.1 Å². The first-order chi connectivity index (χ1) is 13.7. The number of nitrogens with one attached hydrogen (secondary N) is 1. The maximum Gasteiger partial charge on any atom is 0.262 e. The number of ether oxygens (including phenoxy) is 1. The van der Waals surface area contributed by atoms with E-state index in [1.165, 1.54) is 32.1 Å². The van der Waals surface area contributed by atoms with Crippen molar-refractivity contribution in [3.8, 4) is 5.75 Å². The summed E-state index contributed by atoms with van der Waals surface area (Å²) in [6, 6.07) is 15.4. The first kappa shape index (κ1) is 20.1. The Morgan fingerprint density at radius 3 is 2.61 bits per heavy atom. The van der Waals surface area contributed by atoms with Crippen LogP contribution in [-0.2, 0) is 11.3 Å². The van der Waals surface area contributed by atoms with E-state index in [0.717, 1.165) is 24.1 Å². The van der Waals surface area contributed by atoms with Gasteiger partial charge in [-0.2, -0.15) is 0 Å². The molecule has 28 heavy (non-hydrogen) atoms. The molecule has 0 spiro atoms. The maximum atomic E-state index is 12.4. The van der Waals surface area contributed by atoms with Gasteiger partial charge in [-0.25, -0.2) is 0 Å². The van der Waals surface area contributed by atoms with Gasteiger partial charge >= 0.3 is 0 Å². The highest BCUT2D eigenvalue weighted by molar-refractivity contribution is 5.92. The lowest BCUT2D eigenvalue weighted by atomic mass is 9.94. The molecule has 0 bridgehead atoms. The fourth-order valence-electron chi connectivity index (χ4n) is 3.74. The number of carbonyl (C=O) groups excluding carboxylic acids is 2. The second-order valence-corrected chi connectivity index (χ2v) is 7.36. The minimum Gasteiger partial charge on any atom is -0.483 e. The summed E-state index contributed by atoms with van der Waals surface area (Å²) < 4.78 is 5.52. The Bertz CT molecular complexity index is 800. The van der Waals surface area contributed by atoms with Crippen molar-refractivity contribution in [2.45, 2.75) is 44.7 Å². The summed E-state index contributed by atoms with van der Waals surface area (Å²) in [6.45, 7) is 0.660. The summed E-state index contributed by atoms with van der Waals surface area (Å²) in [7, 11) is 2.16. The molecule has 0 radical (unpaired) electrons. The molecular weight excluding hydrogens is 352 g/mol. The summed E-state index contributed by atoms with van der Waals surface area (Å²) in [6.07, 6.45) is 7.15. The molecule has 0 atom stereocenters. The molecule has 0 saturated heterocycles. The van der Waals surface area contributed by atoms with Crippen LogP contribution in [0, 0.1) is 0 Å². The van der Waals surface area contributed by atoms with E-state index in [1.54, 1.807) is 24.3 Å². The van der Waals surface area contributed by atoms with E-state index < -0.39 is 0 Å². The van der Waals surface area contributed by atoms with Gasteiger partial charge in [0.25, 0.3) is 5.91 Å². The summed E-state index contributed by atoms with van der Waals surface area (Å²) in [5.41, 5.74) is 2.34. The minimum atomic E-state index is -0.242. The van der Waals surface area contributed by atoms with Gasteiger partial charge < -0.3 is 10.1 Å². The van der Waals surface area contributed by atoms with Crippen LogP contribution in [0.25, 0.3) is 0 Å². The topological polar surface area (TPSA) is 58.6 Å². The molecule has 0 aromatic heterocycles. The van der Waals surface area contributed by atoms with Crippen molar-refractivity contribution in [2.75, 3.05) is 19.0 Å². The number of aldehydes is 1. The van der Waals surface area contributed by atoms with Gasteiger partial charge in [0.15, 0.2) is 12.9 Å². The molecule has 0 heterocycles. The molecule has 3 rings (SSSR count). The van der Waals surface area contributed by atoms with Gasteiger partial charge in [0.1, 0.15) is 5.75 Å². The molecule has 1 fully saturated rings. The third-order valence-electron chi connectivity index (χ3n) is 5.31. The number of benzene rings is 2. The lowest BCUT2D eigenvalue weighted by molar-refractivity contribution is -0.118. The molecule has 2 aromatic rings. The van der Waals surface area contributed by atoms with Crippen molar-refractivity contribution in [3.63, 3.8) is 0 Å². The van der Waals surface area contributed by atoms with Crippen LogP contribution in [0.5, 0.6) is 5.75 Å². The van der Waals surface area contributed by atoms with E-state index in [4.69, 9.17) is 4.74 Å². The Labute approximate surface area is 166 Å². The van der Waals surface area contributed by atoms with Crippen molar-refractivity contribution >= 4 is 17.9 Å². The summed E-state index contributed by atoms with van der Waals surface area (Å²) in [4.78, 5) is 25.8. The Balaban J connectivity index is 1.59. The van der Waals surface area contributed by atoms with Crippen molar-refractivity contribution < 1.29 is 14.3 Å². The number of para-hydroxylation sites is 2. The van der Waals surface area contributed by atoms with Crippen LogP contribution in [0.4, 0.5) is 5.69 Å². The molecule has 1 aliphatic rings. The quantitative estimate of drug-likeness (QED) is 0.695. The summed E-state index contributed by atoms with van der Waals surface area (Å²) in [5, 5.41) is 2.95. The van der Waals surface area contributed by atoms with Crippen molar-refractivity contribution in [1.29, 1.82) is 0 Å². The highest BCUT2D eigenvalue weighted by atomic mass is 16.5. The highest BCUT2D eigenvalue weighted by Gasteiger charge is 2.19. The van der Waals surface area contributed by atoms with E-state index in [9.17, 15) is 9.59 Å². The second-order valence-electron chi connectivity index (χ2n) is 7.36. The lowest BCUT2D eigenvalue weighted by Gasteiger charge is -2.31. The van der Waals surface area contributed by atoms with Gasteiger partial charge in [0.05, 0.1) is 5.56 Å². The van der Waals surface area contributed by atoms with Crippen molar-refractivity contribution in [1.82, 2.24) is 4.90 Å². The van der Waals surface area contributed by atoms with Crippen LogP contribution in [-0.4, -0.2) is 36.8 Å². The van der Waals surface area contributed by atoms with E-state index in [2.05, 4.69) is 23.3 Å². The van der Waals surface area contributed by atoms with E-state index >= 15 is 0 Å². The molecule has 0 aliphatic heterocycles. The third-order valence-corrected chi connectivity index (χ3v) is 5.31. The summed E-state index contributed by atoms with van der Waals surface area (Å²) >= 11 is 0. The molecule has 2 aromatic carbocycles. The average molecular weight is 380 g/mol. The molecule has 0 unspecified atom stereocenters. The summed E-state index contributed by atoms with van der Waals surface area (Å²) in [5.74, 6) is 0.173. The fourth-order valence-corrected chi connectivity index (χ4v) is 3.74. The SMILES string of the molecule is CN(Cc1ccccc1NC(=O)COc1ccccc1C=O)C1CCCCC1. The molecule has 5 nitrogen and oxygen atoms in total. The van der Waals surface area contributed by atoms with Gasteiger partial charge in [-0.05, 0) is 43.7 Å². The zero-order valence-electron chi connectivity index (χ0n) is 16.4. The molecule has 1 N–H and O–H groups in total. The molecule has 1 amide bonds. The Morgan fingerprint density at radius 2 is 1.82 bits per heavy atom. The van der Waals surface area contributed by atoms with E-state index in [1.807, 2.05) is 18.2 Å². The van der Waals surface area contributed by atoms with Crippen LogP contribution in [0.15, 0.2) is 48.5 Å². The number of nitrogens with zero attached hydrogens (tertiary/aromatic N) is 1. The van der Waals surface area contributed by atoms with Gasteiger partial charge in [0, 0.05) is 18.3 Å². The zero-order chi connectivity index (χ0) is 19.8. The van der Waals surface area contributed by atoms with Gasteiger partial charge in [-0.1, -0.05) is 49.6 Å². The predicted molar refractivity (Wildman–Crippen MR) is 111 cm³/mol. The van der Waals surface area contributed by atoms with E-state index in [0.29, 0.717) is 17.4 Å². The largest absolute Gasteiger partial charge is 0.483 e. The van der Waals surface area contributed by atoms with Crippen LogP contribution in [0.3, 0.4) is 0 Å². The van der Waals surface area contributed by atoms with E-state index in [-0.39, 0.29) is 12.5 Å². The van der Waals surface area contributed by atoms with Crippen molar-refractivity contribution in [2.24, 2.45) is 0 Å². The highest BCUT2D eigenvalue weighted by Crippen LogP contribution is 2.25. The minimum absolute atomic E-state index is 0.141. The zero-order valence-corrected chi connectivity index (χ0v) is 16.4. The molecule has 148 valence electrons.